The van der Waals surface area contributed by atoms with Crippen molar-refractivity contribution in [1.82, 2.24) is 5.32 Å². The van der Waals surface area contributed by atoms with Crippen molar-refractivity contribution in [2.24, 2.45) is 0 Å². The van der Waals surface area contributed by atoms with Gasteiger partial charge in [-0.05, 0) is 37.9 Å². The number of para-hydroxylation sites is 1. The zero-order chi connectivity index (χ0) is 13.7. The summed E-state index contributed by atoms with van der Waals surface area (Å²) in [6, 6.07) is 10.5. The van der Waals surface area contributed by atoms with Crippen molar-refractivity contribution in [3.05, 3.63) is 24.3 Å². The summed E-state index contributed by atoms with van der Waals surface area (Å²) in [5.74, 6) is 0.922. The molecule has 0 aliphatic heterocycles. The molecule has 1 fully saturated rings. The van der Waals surface area contributed by atoms with Gasteiger partial charge in [0.15, 0.2) is 0 Å². The van der Waals surface area contributed by atoms with E-state index in [1.807, 2.05) is 30.0 Å². The molecule has 1 N–H and O–H groups in total. The second-order valence-electron chi connectivity index (χ2n) is 4.86. The minimum absolute atomic E-state index is 0.325. The average molecular weight is 276 g/mol. The van der Waals surface area contributed by atoms with E-state index in [9.17, 15) is 5.26 Å². The van der Waals surface area contributed by atoms with Crippen LogP contribution in [0.3, 0.4) is 0 Å². The lowest BCUT2D eigenvalue weighted by Crippen LogP contribution is -2.41. The molecule has 2 atom stereocenters. The van der Waals surface area contributed by atoms with Crippen LogP contribution in [0.1, 0.15) is 26.2 Å². The molecule has 0 radical (unpaired) electrons. The summed E-state index contributed by atoms with van der Waals surface area (Å²) in [7, 11) is 1.70. The lowest BCUT2D eigenvalue weighted by atomic mass is 10.0. The summed E-state index contributed by atoms with van der Waals surface area (Å²) in [5.41, 5.74) is -0.325. The van der Waals surface area contributed by atoms with Crippen molar-refractivity contribution < 1.29 is 4.74 Å². The topological polar surface area (TPSA) is 45.0 Å². The first kappa shape index (κ1) is 14.2. The summed E-state index contributed by atoms with van der Waals surface area (Å²) in [4.78, 5) is 1.17. The highest BCUT2D eigenvalue weighted by atomic mass is 32.2. The molecule has 0 bridgehead atoms. The Morgan fingerprint density at radius 2 is 2.32 bits per heavy atom. The van der Waals surface area contributed by atoms with Gasteiger partial charge < -0.3 is 4.74 Å². The van der Waals surface area contributed by atoms with Crippen LogP contribution in [0.5, 0.6) is 5.75 Å². The molecule has 0 amide bonds. The normalized spacial score (nSPS) is 26.1. The number of hydrogen-bond acceptors (Lipinski definition) is 4. The maximum absolute atomic E-state index is 9.39. The maximum atomic E-state index is 9.39. The van der Waals surface area contributed by atoms with E-state index in [-0.39, 0.29) is 5.54 Å². The van der Waals surface area contributed by atoms with Crippen LogP contribution in [0.4, 0.5) is 0 Å². The fraction of sp³-hybridized carbons (Fsp3) is 0.533. The van der Waals surface area contributed by atoms with Gasteiger partial charge in [0.2, 0.25) is 0 Å². The molecule has 102 valence electrons. The van der Waals surface area contributed by atoms with Crippen LogP contribution < -0.4 is 10.1 Å². The van der Waals surface area contributed by atoms with E-state index in [0.717, 1.165) is 31.6 Å². The molecule has 1 aliphatic rings. The van der Waals surface area contributed by atoms with Gasteiger partial charge >= 0.3 is 0 Å². The Labute approximate surface area is 119 Å². The summed E-state index contributed by atoms with van der Waals surface area (Å²) in [6.07, 6.45) is 2.91. The number of rotatable bonds is 5. The molecule has 0 heterocycles. The zero-order valence-corrected chi connectivity index (χ0v) is 12.3. The lowest BCUT2D eigenvalue weighted by molar-refractivity contribution is 0.404. The number of ether oxygens (including phenoxy) is 1. The van der Waals surface area contributed by atoms with Crippen molar-refractivity contribution in [3.63, 3.8) is 0 Å². The molecule has 1 aromatic carbocycles. The predicted octanol–water partition coefficient (Wildman–Crippen LogP) is 3.21. The van der Waals surface area contributed by atoms with Gasteiger partial charge in [-0.15, -0.1) is 11.8 Å². The largest absolute Gasteiger partial charge is 0.496 e. The number of nitrogens with zero attached hydrogens (tertiary/aromatic N) is 1. The van der Waals surface area contributed by atoms with Crippen LogP contribution in [-0.2, 0) is 0 Å². The second-order valence-corrected chi connectivity index (χ2v) is 6.20. The third-order valence-corrected chi connectivity index (χ3v) is 4.89. The number of hydrogen-bond donors (Lipinski definition) is 1. The predicted molar refractivity (Wildman–Crippen MR) is 78.5 cm³/mol. The first-order valence-corrected chi connectivity index (χ1v) is 7.57. The lowest BCUT2D eigenvalue weighted by Gasteiger charge is -2.21. The van der Waals surface area contributed by atoms with Gasteiger partial charge in [-0.1, -0.05) is 19.1 Å². The van der Waals surface area contributed by atoms with E-state index >= 15 is 0 Å². The molecule has 0 spiro atoms. The molecule has 19 heavy (non-hydrogen) atoms. The Bertz CT molecular complexity index is 471. The highest BCUT2D eigenvalue weighted by Crippen LogP contribution is 2.42. The van der Waals surface area contributed by atoms with E-state index in [4.69, 9.17) is 4.74 Å². The van der Waals surface area contributed by atoms with Gasteiger partial charge in [-0.3, -0.25) is 5.32 Å². The Morgan fingerprint density at radius 1 is 1.53 bits per heavy atom. The first-order chi connectivity index (χ1) is 9.23. The van der Waals surface area contributed by atoms with Gasteiger partial charge in [0.1, 0.15) is 11.3 Å². The van der Waals surface area contributed by atoms with Gasteiger partial charge in [0.05, 0.1) is 13.2 Å². The SMILES string of the molecule is CCNC1(C#N)CCC(Sc2ccccc2OC)C1. The van der Waals surface area contributed by atoms with Crippen molar-refractivity contribution >= 4 is 11.8 Å². The van der Waals surface area contributed by atoms with Crippen molar-refractivity contribution in [2.75, 3.05) is 13.7 Å². The summed E-state index contributed by atoms with van der Waals surface area (Å²) < 4.78 is 5.38. The summed E-state index contributed by atoms with van der Waals surface area (Å²) >= 11 is 1.83. The van der Waals surface area contributed by atoms with Crippen LogP contribution in [0.2, 0.25) is 0 Å². The highest BCUT2D eigenvalue weighted by molar-refractivity contribution is 8.00. The Morgan fingerprint density at radius 3 is 3.00 bits per heavy atom. The fourth-order valence-corrected chi connectivity index (χ4v) is 4.02. The molecular weight excluding hydrogens is 256 g/mol. The molecule has 4 heteroatoms. The molecular formula is C15H20N2OS. The van der Waals surface area contributed by atoms with E-state index in [0.29, 0.717) is 5.25 Å². The minimum Gasteiger partial charge on any atom is -0.496 e. The minimum atomic E-state index is -0.325. The Balaban J connectivity index is 2.04. The number of nitrogens with one attached hydrogen (secondary N) is 1. The van der Waals surface area contributed by atoms with Gasteiger partial charge in [-0.2, -0.15) is 5.26 Å². The maximum Gasteiger partial charge on any atom is 0.132 e. The molecule has 0 saturated heterocycles. The average Bonchev–Trinajstić information content (AvgIpc) is 2.84. The number of nitriles is 1. The van der Waals surface area contributed by atoms with Crippen molar-refractivity contribution in [3.8, 4) is 11.8 Å². The first-order valence-electron chi connectivity index (χ1n) is 6.69. The van der Waals surface area contributed by atoms with Crippen LogP contribution in [0.15, 0.2) is 29.2 Å². The van der Waals surface area contributed by atoms with Crippen molar-refractivity contribution in [2.45, 2.75) is 41.9 Å². The van der Waals surface area contributed by atoms with E-state index in [2.05, 4.69) is 24.4 Å². The number of thioether (sulfide) groups is 1. The van der Waals surface area contributed by atoms with Crippen molar-refractivity contribution in [1.29, 1.82) is 5.26 Å². The Kier molecular flexibility index (Phi) is 4.73. The third kappa shape index (κ3) is 3.23. The second kappa shape index (κ2) is 6.31. The van der Waals surface area contributed by atoms with E-state index in [1.165, 1.54) is 4.90 Å². The van der Waals surface area contributed by atoms with Crippen LogP contribution >= 0.6 is 11.8 Å². The van der Waals surface area contributed by atoms with E-state index in [1.54, 1.807) is 7.11 Å². The number of methoxy groups -OCH3 is 1. The van der Waals surface area contributed by atoms with Crippen LogP contribution in [-0.4, -0.2) is 24.4 Å². The quantitative estimate of drug-likeness (QED) is 0.897. The Hall–Kier alpha value is -1.18. The van der Waals surface area contributed by atoms with Gasteiger partial charge in [0.25, 0.3) is 0 Å². The zero-order valence-electron chi connectivity index (χ0n) is 11.5. The summed E-state index contributed by atoms with van der Waals surface area (Å²) in [6.45, 7) is 2.90. The summed E-state index contributed by atoms with van der Waals surface area (Å²) in [5, 5.41) is 13.2. The molecule has 2 rings (SSSR count). The monoisotopic (exact) mass is 276 g/mol. The smallest absolute Gasteiger partial charge is 0.132 e. The third-order valence-electron chi connectivity index (χ3n) is 3.56. The molecule has 1 saturated carbocycles. The van der Waals surface area contributed by atoms with Crippen LogP contribution in [0, 0.1) is 11.3 Å². The molecule has 1 aliphatic carbocycles. The number of benzene rings is 1. The van der Waals surface area contributed by atoms with Gasteiger partial charge in [0, 0.05) is 10.1 Å². The molecule has 3 nitrogen and oxygen atoms in total. The molecule has 1 aromatic rings. The highest BCUT2D eigenvalue weighted by Gasteiger charge is 2.39. The molecule has 0 aromatic heterocycles. The molecule has 2 unspecified atom stereocenters. The standard InChI is InChI=1S/C15H20N2OS/c1-3-17-15(11-16)9-8-12(10-15)19-14-7-5-4-6-13(14)18-2/h4-7,12,17H,3,8-10H2,1-2H3. The fourth-order valence-electron chi connectivity index (χ4n) is 2.64. The van der Waals surface area contributed by atoms with E-state index < -0.39 is 0 Å². The van der Waals surface area contributed by atoms with Crippen LogP contribution in [0.25, 0.3) is 0 Å². The van der Waals surface area contributed by atoms with Gasteiger partial charge in [-0.25, -0.2) is 0 Å².